The smallest absolute Gasteiger partial charge is 0.257 e. The van der Waals surface area contributed by atoms with E-state index in [-0.39, 0.29) is 5.91 Å². The van der Waals surface area contributed by atoms with Crippen molar-refractivity contribution in [2.75, 3.05) is 46.9 Å². The number of amides is 1. The van der Waals surface area contributed by atoms with Gasteiger partial charge >= 0.3 is 0 Å². The summed E-state index contributed by atoms with van der Waals surface area (Å²) in [5.41, 5.74) is 0.548. The minimum absolute atomic E-state index is 0.0116. The van der Waals surface area contributed by atoms with Gasteiger partial charge in [0.2, 0.25) is 0 Å². The highest BCUT2D eigenvalue weighted by atomic mass is 16.5. The summed E-state index contributed by atoms with van der Waals surface area (Å²) in [4.78, 5) is 17.1. The first-order chi connectivity index (χ1) is 12.2. The van der Waals surface area contributed by atoms with Gasteiger partial charge in [-0.1, -0.05) is 6.07 Å². The number of carbonyl (C=O) groups excluding carboxylic acids is 1. The van der Waals surface area contributed by atoms with Gasteiger partial charge in [-0.25, -0.2) is 0 Å². The molecule has 1 saturated heterocycles. The van der Waals surface area contributed by atoms with Crippen LogP contribution in [0.4, 0.5) is 0 Å². The predicted octanol–water partition coefficient (Wildman–Crippen LogP) is 1.36. The Kier molecular flexibility index (Phi) is 5.55. The summed E-state index contributed by atoms with van der Waals surface area (Å²) < 4.78 is 12.6. The third kappa shape index (κ3) is 3.93. The van der Waals surface area contributed by atoms with Crippen molar-refractivity contribution in [3.8, 4) is 11.5 Å². The molecule has 1 fully saturated rings. The molecule has 25 heavy (non-hydrogen) atoms. The van der Waals surface area contributed by atoms with Crippen molar-refractivity contribution >= 4 is 5.91 Å². The summed E-state index contributed by atoms with van der Waals surface area (Å²) in [7, 11) is 3.13. The SMILES string of the molecule is COc1cccc(C(=O)N2CCN(CCn3cccn3)CC2)c1OC. The highest BCUT2D eigenvalue weighted by Crippen LogP contribution is 2.31. The van der Waals surface area contributed by atoms with Crippen LogP contribution in [0.25, 0.3) is 0 Å². The molecule has 1 aliphatic rings. The Morgan fingerprint density at radius 1 is 1.08 bits per heavy atom. The summed E-state index contributed by atoms with van der Waals surface area (Å²) in [6.07, 6.45) is 3.76. The normalized spacial score (nSPS) is 15.2. The van der Waals surface area contributed by atoms with Gasteiger partial charge in [0.1, 0.15) is 0 Å². The number of ether oxygens (including phenoxy) is 2. The molecule has 0 aliphatic carbocycles. The second-order valence-corrected chi connectivity index (χ2v) is 5.94. The maximum Gasteiger partial charge on any atom is 0.257 e. The molecular weight excluding hydrogens is 320 g/mol. The van der Waals surface area contributed by atoms with Gasteiger partial charge in [0.15, 0.2) is 11.5 Å². The molecule has 2 heterocycles. The maximum absolute atomic E-state index is 12.9. The number of methoxy groups -OCH3 is 2. The Hall–Kier alpha value is -2.54. The van der Waals surface area contributed by atoms with Crippen LogP contribution in [-0.4, -0.2) is 72.4 Å². The first kappa shape index (κ1) is 17.3. The number of nitrogens with zero attached hydrogens (tertiary/aromatic N) is 4. The number of hydrogen-bond acceptors (Lipinski definition) is 5. The number of rotatable bonds is 6. The van der Waals surface area contributed by atoms with Crippen LogP contribution in [0.15, 0.2) is 36.7 Å². The maximum atomic E-state index is 12.9. The van der Waals surface area contributed by atoms with Crippen LogP contribution >= 0.6 is 0 Å². The number of aromatic nitrogens is 2. The number of benzene rings is 1. The van der Waals surface area contributed by atoms with Gasteiger partial charge in [0.05, 0.1) is 26.3 Å². The molecule has 0 saturated carbocycles. The molecule has 0 spiro atoms. The third-order valence-electron chi connectivity index (χ3n) is 4.50. The topological polar surface area (TPSA) is 59.8 Å². The highest BCUT2D eigenvalue weighted by Gasteiger charge is 2.25. The van der Waals surface area contributed by atoms with Crippen molar-refractivity contribution < 1.29 is 14.3 Å². The zero-order valence-corrected chi connectivity index (χ0v) is 14.7. The van der Waals surface area contributed by atoms with Gasteiger partial charge in [-0.2, -0.15) is 5.10 Å². The van der Waals surface area contributed by atoms with E-state index in [1.54, 1.807) is 32.5 Å². The molecular formula is C18H24N4O3. The van der Waals surface area contributed by atoms with Crippen LogP contribution in [0.3, 0.4) is 0 Å². The fourth-order valence-corrected chi connectivity index (χ4v) is 3.08. The zero-order chi connectivity index (χ0) is 17.6. The number of hydrogen-bond donors (Lipinski definition) is 0. The summed E-state index contributed by atoms with van der Waals surface area (Å²) in [6, 6.07) is 7.32. The van der Waals surface area contributed by atoms with Gasteiger partial charge < -0.3 is 14.4 Å². The molecule has 1 aromatic heterocycles. The Morgan fingerprint density at radius 2 is 1.88 bits per heavy atom. The van der Waals surface area contributed by atoms with E-state index in [0.717, 1.165) is 26.2 Å². The lowest BCUT2D eigenvalue weighted by Gasteiger charge is -2.35. The van der Waals surface area contributed by atoms with Crippen molar-refractivity contribution in [3.63, 3.8) is 0 Å². The minimum atomic E-state index is -0.0116. The van der Waals surface area contributed by atoms with Crippen LogP contribution in [0.5, 0.6) is 11.5 Å². The first-order valence-corrected chi connectivity index (χ1v) is 8.43. The molecule has 3 rings (SSSR count). The Balaban J connectivity index is 1.58. The molecule has 0 unspecified atom stereocenters. The van der Waals surface area contributed by atoms with E-state index in [9.17, 15) is 4.79 Å². The van der Waals surface area contributed by atoms with Crippen LogP contribution in [-0.2, 0) is 6.54 Å². The molecule has 0 bridgehead atoms. The second kappa shape index (κ2) is 8.02. The lowest BCUT2D eigenvalue weighted by atomic mass is 10.1. The Bertz CT molecular complexity index is 694. The van der Waals surface area contributed by atoms with E-state index < -0.39 is 0 Å². The second-order valence-electron chi connectivity index (χ2n) is 5.94. The predicted molar refractivity (Wildman–Crippen MR) is 94.1 cm³/mol. The molecule has 0 atom stereocenters. The lowest BCUT2D eigenvalue weighted by molar-refractivity contribution is 0.0628. The molecule has 0 radical (unpaired) electrons. The van der Waals surface area contributed by atoms with Gasteiger partial charge in [-0.3, -0.25) is 14.4 Å². The fraction of sp³-hybridized carbons (Fsp3) is 0.444. The molecule has 1 amide bonds. The third-order valence-corrected chi connectivity index (χ3v) is 4.50. The van der Waals surface area contributed by atoms with Crippen LogP contribution < -0.4 is 9.47 Å². The quantitative estimate of drug-likeness (QED) is 0.792. The molecule has 0 N–H and O–H groups in total. The van der Waals surface area contributed by atoms with Crippen molar-refractivity contribution in [2.45, 2.75) is 6.54 Å². The first-order valence-electron chi connectivity index (χ1n) is 8.43. The van der Waals surface area contributed by atoms with E-state index >= 15 is 0 Å². The van der Waals surface area contributed by atoms with Crippen molar-refractivity contribution in [1.82, 2.24) is 19.6 Å². The van der Waals surface area contributed by atoms with Crippen molar-refractivity contribution in [1.29, 1.82) is 0 Å². The largest absolute Gasteiger partial charge is 0.493 e. The summed E-state index contributed by atoms with van der Waals surface area (Å²) in [5, 5.41) is 4.22. The average Bonchev–Trinajstić information content (AvgIpc) is 3.19. The molecule has 7 nitrogen and oxygen atoms in total. The van der Waals surface area contributed by atoms with Crippen molar-refractivity contribution in [3.05, 3.63) is 42.2 Å². The van der Waals surface area contributed by atoms with Crippen LogP contribution in [0, 0.1) is 0 Å². The van der Waals surface area contributed by atoms with E-state index in [1.807, 2.05) is 27.9 Å². The Labute approximate surface area is 147 Å². The summed E-state index contributed by atoms with van der Waals surface area (Å²) >= 11 is 0. The minimum Gasteiger partial charge on any atom is -0.493 e. The fourth-order valence-electron chi connectivity index (χ4n) is 3.08. The average molecular weight is 344 g/mol. The number of carbonyl (C=O) groups is 1. The molecule has 134 valence electrons. The zero-order valence-electron chi connectivity index (χ0n) is 14.7. The van der Waals surface area contributed by atoms with E-state index in [0.29, 0.717) is 30.2 Å². The number of piperazine rings is 1. The van der Waals surface area contributed by atoms with E-state index in [2.05, 4.69) is 10.00 Å². The van der Waals surface area contributed by atoms with Crippen LogP contribution in [0.1, 0.15) is 10.4 Å². The lowest BCUT2D eigenvalue weighted by Crippen LogP contribution is -2.49. The molecule has 7 heteroatoms. The van der Waals surface area contributed by atoms with Gasteiger partial charge in [-0.15, -0.1) is 0 Å². The summed E-state index contributed by atoms with van der Waals surface area (Å²) in [6.45, 7) is 4.94. The van der Waals surface area contributed by atoms with Crippen LogP contribution in [0.2, 0.25) is 0 Å². The van der Waals surface area contributed by atoms with E-state index in [1.165, 1.54) is 0 Å². The Morgan fingerprint density at radius 3 is 2.52 bits per heavy atom. The van der Waals surface area contributed by atoms with E-state index in [4.69, 9.17) is 9.47 Å². The monoisotopic (exact) mass is 344 g/mol. The van der Waals surface area contributed by atoms with Crippen molar-refractivity contribution in [2.24, 2.45) is 0 Å². The number of para-hydroxylation sites is 1. The van der Waals surface area contributed by atoms with Gasteiger partial charge in [-0.05, 0) is 18.2 Å². The standard InChI is InChI=1S/C18H24N4O3/c1-24-16-6-3-5-15(17(16)25-2)18(23)21-12-9-20(10-13-21)11-14-22-8-4-7-19-22/h3-8H,9-14H2,1-2H3. The van der Waals surface area contributed by atoms with Gasteiger partial charge in [0, 0.05) is 45.1 Å². The summed E-state index contributed by atoms with van der Waals surface area (Å²) in [5.74, 6) is 1.06. The van der Waals surface area contributed by atoms with Gasteiger partial charge in [0.25, 0.3) is 5.91 Å². The molecule has 1 aliphatic heterocycles. The highest BCUT2D eigenvalue weighted by molar-refractivity contribution is 5.97. The molecule has 2 aromatic rings. The molecule has 1 aromatic carbocycles.